The van der Waals surface area contributed by atoms with Crippen LogP contribution in [0.5, 0.6) is 0 Å². The van der Waals surface area contributed by atoms with Crippen molar-refractivity contribution in [2.45, 2.75) is 19.8 Å². The van der Waals surface area contributed by atoms with E-state index in [1.54, 1.807) is 24.1 Å². The third kappa shape index (κ3) is 4.13. The summed E-state index contributed by atoms with van der Waals surface area (Å²) >= 11 is 0. The van der Waals surface area contributed by atoms with E-state index in [1.807, 2.05) is 48.5 Å². The number of rotatable bonds is 5. The second kappa shape index (κ2) is 8.95. The number of carbonyl (C=O) groups excluding carboxylic acids is 2. The number of ether oxygens (including phenoxy) is 1. The molecule has 4 rings (SSSR count). The largest absolute Gasteiger partial charge is 0.466 e. The van der Waals surface area contributed by atoms with E-state index in [1.165, 1.54) is 0 Å². The molecule has 6 nitrogen and oxygen atoms in total. The van der Waals surface area contributed by atoms with Crippen LogP contribution in [0.15, 0.2) is 65.2 Å². The fourth-order valence-electron chi connectivity index (χ4n) is 3.74. The molecule has 0 bridgehead atoms. The van der Waals surface area contributed by atoms with E-state index in [9.17, 15) is 9.59 Å². The zero-order valence-electron chi connectivity index (χ0n) is 16.9. The number of carbonyl (C=O) groups is 2. The van der Waals surface area contributed by atoms with E-state index < -0.39 is 0 Å². The number of hydrogen-bond donors (Lipinski definition) is 0. The smallest absolute Gasteiger partial charge is 0.309 e. The molecular formula is C24H24N2O4. The van der Waals surface area contributed by atoms with Crippen LogP contribution in [0.4, 0.5) is 0 Å². The van der Waals surface area contributed by atoms with Crippen molar-refractivity contribution in [1.82, 2.24) is 9.88 Å². The fourth-order valence-corrected chi connectivity index (χ4v) is 3.74. The van der Waals surface area contributed by atoms with Gasteiger partial charge in [-0.15, -0.1) is 0 Å². The highest BCUT2D eigenvalue weighted by molar-refractivity contribution is 6.00. The molecule has 1 amide bonds. The summed E-state index contributed by atoms with van der Waals surface area (Å²) in [5, 5.41) is 0. The number of nitrogens with zero attached hydrogens (tertiary/aromatic N) is 2. The van der Waals surface area contributed by atoms with E-state index >= 15 is 0 Å². The number of aromatic nitrogens is 1. The van der Waals surface area contributed by atoms with E-state index in [-0.39, 0.29) is 17.8 Å². The SMILES string of the molecule is CCOC(=O)C1CCN(C(=O)c2ccccc2-c2ncc(-c3ccccc3)o2)CC1. The predicted molar refractivity (Wildman–Crippen MR) is 113 cm³/mol. The van der Waals surface area contributed by atoms with Crippen molar-refractivity contribution in [3.63, 3.8) is 0 Å². The number of oxazole rings is 1. The second-order valence-electron chi connectivity index (χ2n) is 7.26. The number of amides is 1. The molecule has 6 heteroatoms. The van der Waals surface area contributed by atoms with Crippen LogP contribution in [0.25, 0.3) is 22.8 Å². The van der Waals surface area contributed by atoms with Gasteiger partial charge in [-0.2, -0.15) is 0 Å². The van der Waals surface area contributed by atoms with Gasteiger partial charge in [-0.3, -0.25) is 9.59 Å². The molecule has 2 heterocycles. The molecule has 0 unspecified atom stereocenters. The quantitative estimate of drug-likeness (QED) is 0.589. The van der Waals surface area contributed by atoms with Crippen LogP contribution in [0, 0.1) is 5.92 Å². The molecule has 2 aromatic carbocycles. The van der Waals surface area contributed by atoms with Crippen LogP contribution in [0.1, 0.15) is 30.1 Å². The number of hydrogen-bond acceptors (Lipinski definition) is 5. The van der Waals surface area contributed by atoms with Gasteiger partial charge in [0.1, 0.15) is 0 Å². The zero-order valence-corrected chi connectivity index (χ0v) is 16.9. The van der Waals surface area contributed by atoms with Crippen molar-refractivity contribution in [3.8, 4) is 22.8 Å². The summed E-state index contributed by atoms with van der Waals surface area (Å²) in [7, 11) is 0. The first-order valence-corrected chi connectivity index (χ1v) is 10.2. The molecule has 0 aliphatic carbocycles. The Morgan fingerprint density at radius 1 is 1.07 bits per heavy atom. The average molecular weight is 404 g/mol. The van der Waals surface area contributed by atoms with Crippen LogP contribution in [-0.4, -0.2) is 41.5 Å². The average Bonchev–Trinajstić information content (AvgIpc) is 3.30. The summed E-state index contributed by atoms with van der Waals surface area (Å²) in [5.74, 6) is 0.692. The van der Waals surface area contributed by atoms with Gasteiger partial charge in [0.05, 0.1) is 24.3 Å². The maximum Gasteiger partial charge on any atom is 0.309 e. The summed E-state index contributed by atoms with van der Waals surface area (Å²) in [5.41, 5.74) is 2.15. The number of piperidine rings is 1. The Kier molecular flexibility index (Phi) is 5.93. The van der Waals surface area contributed by atoms with E-state index in [0.29, 0.717) is 55.3 Å². The van der Waals surface area contributed by atoms with Gasteiger partial charge in [0.15, 0.2) is 5.76 Å². The molecule has 1 aliphatic heterocycles. The van der Waals surface area contributed by atoms with Crippen molar-refractivity contribution in [1.29, 1.82) is 0 Å². The zero-order chi connectivity index (χ0) is 20.9. The molecule has 0 N–H and O–H groups in total. The standard InChI is InChI=1S/C24H24N2O4/c1-2-29-24(28)18-12-14-26(15-13-18)23(27)20-11-7-6-10-19(20)22-25-16-21(30-22)17-8-4-3-5-9-17/h3-11,16,18H,2,12-15H2,1H3. The first-order chi connectivity index (χ1) is 14.7. The third-order valence-corrected chi connectivity index (χ3v) is 5.35. The van der Waals surface area contributed by atoms with Crippen LogP contribution in [0.2, 0.25) is 0 Å². The van der Waals surface area contributed by atoms with Crippen molar-refractivity contribution >= 4 is 11.9 Å². The lowest BCUT2D eigenvalue weighted by Crippen LogP contribution is -2.40. The van der Waals surface area contributed by atoms with Gasteiger partial charge in [-0.25, -0.2) is 4.98 Å². The molecule has 0 spiro atoms. The van der Waals surface area contributed by atoms with Gasteiger partial charge < -0.3 is 14.1 Å². The van der Waals surface area contributed by atoms with E-state index in [0.717, 1.165) is 5.56 Å². The van der Waals surface area contributed by atoms with Gasteiger partial charge in [0, 0.05) is 24.2 Å². The summed E-state index contributed by atoms with van der Waals surface area (Å²) < 4.78 is 11.1. The summed E-state index contributed by atoms with van der Waals surface area (Å²) in [6.45, 7) is 3.24. The number of likely N-dealkylation sites (tertiary alicyclic amines) is 1. The lowest BCUT2D eigenvalue weighted by atomic mass is 9.96. The highest BCUT2D eigenvalue weighted by Crippen LogP contribution is 2.29. The van der Waals surface area contributed by atoms with E-state index in [4.69, 9.17) is 9.15 Å². The van der Waals surface area contributed by atoms with Crippen molar-refractivity contribution in [3.05, 3.63) is 66.4 Å². The van der Waals surface area contributed by atoms with Crippen LogP contribution in [-0.2, 0) is 9.53 Å². The molecule has 1 aliphatic rings. The van der Waals surface area contributed by atoms with Crippen LogP contribution >= 0.6 is 0 Å². The van der Waals surface area contributed by atoms with E-state index in [2.05, 4.69) is 4.98 Å². The molecule has 1 saturated heterocycles. The molecule has 0 radical (unpaired) electrons. The normalized spacial score (nSPS) is 14.5. The van der Waals surface area contributed by atoms with Gasteiger partial charge in [0.2, 0.25) is 5.89 Å². The Morgan fingerprint density at radius 2 is 1.77 bits per heavy atom. The van der Waals surface area contributed by atoms with Gasteiger partial charge in [0.25, 0.3) is 5.91 Å². The maximum atomic E-state index is 13.2. The molecule has 1 aromatic heterocycles. The molecule has 1 fully saturated rings. The highest BCUT2D eigenvalue weighted by atomic mass is 16.5. The molecule has 0 saturated carbocycles. The van der Waals surface area contributed by atoms with Gasteiger partial charge >= 0.3 is 5.97 Å². The molecule has 0 atom stereocenters. The Balaban J connectivity index is 1.52. The lowest BCUT2D eigenvalue weighted by Gasteiger charge is -2.31. The Morgan fingerprint density at radius 3 is 2.50 bits per heavy atom. The molecular weight excluding hydrogens is 380 g/mol. The highest BCUT2D eigenvalue weighted by Gasteiger charge is 2.30. The summed E-state index contributed by atoms with van der Waals surface area (Å²) in [6, 6.07) is 17.1. The number of esters is 1. The van der Waals surface area contributed by atoms with Crippen molar-refractivity contribution < 1.29 is 18.7 Å². The molecule has 30 heavy (non-hydrogen) atoms. The fraction of sp³-hybridized carbons (Fsp3) is 0.292. The predicted octanol–water partition coefficient (Wildman–Crippen LogP) is 4.42. The monoisotopic (exact) mass is 404 g/mol. The minimum atomic E-state index is -0.168. The maximum absolute atomic E-state index is 13.2. The molecule has 154 valence electrons. The van der Waals surface area contributed by atoms with Crippen LogP contribution < -0.4 is 0 Å². The first-order valence-electron chi connectivity index (χ1n) is 10.2. The Labute approximate surface area is 175 Å². The van der Waals surface area contributed by atoms with Crippen molar-refractivity contribution in [2.24, 2.45) is 5.92 Å². The molecule has 3 aromatic rings. The topological polar surface area (TPSA) is 72.6 Å². The van der Waals surface area contributed by atoms with Crippen LogP contribution in [0.3, 0.4) is 0 Å². The third-order valence-electron chi connectivity index (χ3n) is 5.35. The number of benzene rings is 2. The minimum Gasteiger partial charge on any atom is -0.466 e. The van der Waals surface area contributed by atoms with Gasteiger partial charge in [-0.1, -0.05) is 42.5 Å². The van der Waals surface area contributed by atoms with Gasteiger partial charge in [-0.05, 0) is 31.9 Å². The lowest BCUT2D eigenvalue weighted by molar-refractivity contribution is -0.149. The van der Waals surface area contributed by atoms with Crippen molar-refractivity contribution in [2.75, 3.05) is 19.7 Å². The Bertz CT molecular complexity index is 1020. The summed E-state index contributed by atoms with van der Waals surface area (Å²) in [6.07, 6.45) is 2.91. The Hall–Kier alpha value is -3.41. The first kappa shape index (κ1) is 19.9. The second-order valence-corrected chi connectivity index (χ2v) is 7.26. The minimum absolute atomic E-state index is 0.0765. The summed E-state index contributed by atoms with van der Waals surface area (Å²) in [4.78, 5) is 31.4.